The largest absolute Gasteiger partial charge is 0.438 e. The van der Waals surface area contributed by atoms with E-state index in [1.165, 1.54) is 11.8 Å². The van der Waals surface area contributed by atoms with E-state index in [4.69, 9.17) is 4.74 Å². The molecular formula is C23H27N3O4. The highest BCUT2D eigenvalue weighted by molar-refractivity contribution is 5.90. The van der Waals surface area contributed by atoms with Crippen molar-refractivity contribution in [3.8, 4) is 0 Å². The average Bonchev–Trinajstić information content (AvgIpc) is 3.02. The van der Waals surface area contributed by atoms with Gasteiger partial charge < -0.3 is 15.4 Å². The van der Waals surface area contributed by atoms with Crippen LogP contribution >= 0.6 is 0 Å². The minimum Gasteiger partial charge on any atom is -0.438 e. The third-order valence-electron chi connectivity index (χ3n) is 4.90. The zero-order chi connectivity index (χ0) is 21.7. The topological polar surface area (TPSA) is 87.7 Å². The summed E-state index contributed by atoms with van der Waals surface area (Å²) in [4.78, 5) is 38.4. The van der Waals surface area contributed by atoms with Crippen LogP contribution in [0.5, 0.6) is 0 Å². The van der Waals surface area contributed by atoms with Gasteiger partial charge in [-0.2, -0.15) is 0 Å². The molecule has 1 saturated heterocycles. The molecule has 7 heteroatoms. The zero-order valence-corrected chi connectivity index (χ0v) is 17.5. The normalized spacial score (nSPS) is 18.1. The lowest BCUT2D eigenvalue weighted by molar-refractivity contribution is -0.126. The molecule has 0 saturated carbocycles. The Balaban J connectivity index is 1.88. The summed E-state index contributed by atoms with van der Waals surface area (Å²) in [6.07, 6.45) is -0.462. The molecule has 0 spiro atoms. The molecule has 7 nitrogen and oxygen atoms in total. The van der Waals surface area contributed by atoms with Crippen molar-refractivity contribution in [2.45, 2.75) is 45.9 Å². The Kier molecular flexibility index (Phi) is 6.72. The number of carbonyl (C=O) groups excluding carboxylic acids is 3. The Morgan fingerprint density at radius 2 is 1.87 bits per heavy atom. The van der Waals surface area contributed by atoms with Gasteiger partial charge in [0, 0.05) is 19.2 Å². The first-order valence-electron chi connectivity index (χ1n) is 10.1. The van der Waals surface area contributed by atoms with Gasteiger partial charge in [0.25, 0.3) is 0 Å². The molecule has 2 atom stereocenters. The SMILES string of the molecule is CCCNC(=O)C1C(c2ccc(NC(C)=O)cc2)OC(=O)N1Cc1cccc(C)c1. The molecule has 3 rings (SSSR count). The molecule has 1 aliphatic heterocycles. The minimum atomic E-state index is -0.781. The monoisotopic (exact) mass is 409 g/mol. The average molecular weight is 409 g/mol. The van der Waals surface area contributed by atoms with E-state index >= 15 is 0 Å². The van der Waals surface area contributed by atoms with Crippen molar-refractivity contribution in [1.82, 2.24) is 10.2 Å². The molecule has 1 aliphatic rings. The molecule has 3 amide bonds. The molecule has 2 aromatic carbocycles. The van der Waals surface area contributed by atoms with Crippen LogP contribution in [0.4, 0.5) is 10.5 Å². The van der Waals surface area contributed by atoms with E-state index in [-0.39, 0.29) is 18.4 Å². The van der Waals surface area contributed by atoms with Crippen LogP contribution in [0.25, 0.3) is 0 Å². The quantitative estimate of drug-likeness (QED) is 0.732. The minimum absolute atomic E-state index is 0.170. The molecule has 158 valence electrons. The molecule has 0 aromatic heterocycles. The highest BCUT2D eigenvalue weighted by Gasteiger charge is 2.46. The lowest BCUT2D eigenvalue weighted by atomic mass is 10.00. The summed E-state index contributed by atoms with van der Waals surface area (Å²) in [5.74, 6) is -0.414. The summed E-state index contributed by atoms with van der Waals surface area (Å²) in [5.41, 5.74) is 3.35. The summed E-state index contributed by atoms with van der Waals surface area (Å²) in [7, 11) is 0. The van der Waals surface area contributed by atoms with Gasteiger partial charge in [-0.15, -0.1) is 0 Å². The first kappa shape index (κ1) is 21.4. The van der Waals surface area contributed by atoms with Crippen LogP contribution in [0.2, 0.25) is 0 Å². The lowest BCUT2D eigenvalue weighted by Gasteiger charge is -2.24. The van der Waals surface area contributed by atoms with Gasteiger partial charge in [-0.05, 0) is 36.6 Å². The predicted molar refractivity (Wildman–Crippen MR) is 114 cm³/mol. The lowest BCUT2D eigenvalue weighted by Crippen LogP contribution is -2.46. The second-order valence-electron chi connectivity index (χ2n) is 7.46. The molecular weight excluding hydrogens is 382 g/mol. The Hall–Kier alpha value is -3.35. The summed E-state index contributed by atoms with van der Waals surface area (Å²) >= 11 is 0. The van der Waals surface area contributed by atoms with Gasteiger partial charge >= 0.3 is 6.09 Å². The van der Waals surface area contributed by atoms with Crippen molar-refractivity contribution in [3.05, 3.63) is 65.2 Å². The number of cyclic esters (lactones) is 1. The molecule has 0 bridgehead atoms. The number of rotatable bonds is 7. The van der Waals surface area contributed by atoms with Crippen LogP contribution in [0.3, 0.4) is 0 Å². The maximum Gasteiger partial charge on any atom is 0.411 e. The van der Waals surface area contributed by atoms with Crippen molar-refractivity contribution in [2.24, 2.45) is 0 Å². The van der Waals surface area contributed by atoms with E-state index in [1.54, 1.807) is 24.3 Å². The van der Waals surface area contributed by atoms with Gasteiger partial charge in [-0.3, -0.25) is 14.5 Å². The molecule has 1 heterocycles. The van der Waals surface area contributed by atoms with Crippen LogP contribution < -0.4 is 10.6 Å². The van der Waals surface area contributed by atoms with E-state index in [0.29, 0.717) is 17.8 Å². The van der Waals surface area contributed by atoms with Crippen molar-refractivity contribution in [1.29, 1.82) is 0 Å². The fourth-order valence-corrected chi connectivity index (χ4v) is 3.53. The number of hydrogen-bond acceptors (Lipinski definition) is 4. The molecule has 2 unspecified atom stereocenters. The second kappa shape index (κ2) is 9.43. The maximum atomic E-state index is 13.0. The molecule has 2 aromatic rings. The van der Waals surface area contributed by atoms with Crippen LogP contribution in [0.15, 0.2) is 48.5 Å². The maximum absolute atomic E-state index is 13.0. The van der Waals surface area contributed by atoms with E-state index in [1.807, 2.05) is 38.1 Å². The first-order valence-corrected chi connectivity index (χ1v) is 10.1. The van der Waals surface area contributed by atoms with E-state index in [2.05, 4.69) is 10.6 Å². The summed E-state index contributed by atoms with van der Waals surface area (Å²) in [6.45, 7) is 6.20. The standard InChI is InChI=1S/C23H27N3O4/c1-4-12-24-22(28)20-21(18-8-10-19(11-9-18)25-16(3)27)30-23(29)26(20)14-17-7-5-6-15(2)13-17/h5-11,13,20-21H,4,12,14H2,1-3H3,(H,24,28)(H,25,27). The van der Waals surface area contributed by atoms with Crippen molar-refractivity contribution >= 4 is 23.6 Å². The Bertz CT molecular complexity index is 926. The number of nitrogens with zero attached hydrogens (tertiary/aromatic N) is 1. The first-order chi connectivity index (χ1) is 14.4. The molecule has 30 heavy (non-hydrogen) atoms. The van der Waals surface area contributed by atoms with Crippen LogP contribution in [-0.4, -0.2) is 35.4 Å². The van der Waals surface area contributed by atoms with Gasteiger partial charge in [0.05, 0.1) is 6.54 Å². The smallest absolute Gasteiger partial charge is 0.411 e. The number of anilines is 1. The van der Waals surface area contributed by atoms with Crippen LogP contribution in [-0.2, 0) is 20.9 Å². The van der Waals surface area contributed by atoms with Crippen LogP contribution in [0.1, 0.15) is 43.1 Å². The van der Waals surface area contributed by atoms with Crippen LogP contribution in [0, 0.1) is 6.92 Å². The van der Waals surface area contributed by atoms with Gasteiger partial charge in [0.15, 0.2) is 12.1 Å². The second-order valence-corrected chi connectivity index (χ2v) is 7.46. The third kappa shape index (κ3) is 4.97. The van der Waals surface area contributed by atoms with E-state index in [0.717, 1.165) is 17.5 Å². The highest BCUT2D eigenvalue weighted by Crippen LogP contribution is 2.34. The Morgan fingerprint density at radius 3 is 2.50 bits per heavy atom. The summed E-state index contributed by atoms with van der Waals surface area (Å²) < 4.78 is 5.64. The van der Waals surface area contributed by atoms with Crippen molar-refractivity contribution in [3.63, 3.8) is 0 Å². The van der Waals surface area contributed by atoms with Gasteiger partial charge in [-0.1, -0.05) is 48.9 Å². The summed E-state index contributed by atoms with van der Waals surface area (Å²) in [5, 5.41) is 5.59. The van der Waals surface area contributed by atoms with Gasteiger partial charge in [-0.25, -0.2) is 4.79 Å². The number of amides is 3. The van der Waals surface area contributed by atoms with Gasteiger partial charge in [0.2, 0.25) is 11.8 Å². The number of benzene rings is 2. The third-order valence-corrected chi connectivity index (χ3v) is 4.90. The Morgan fingerprint density at radius 1 is 1.13 bits per heavy atom. The fraction of sp³-hybridized carbons (Fsp3) is 0.348. The predicted octanol–water partition coefficient (Wildman–Crippen LogP) is 3.54. The van der Waals surface area contributed by atoms with Crippen molar-refractivity contribution < 1.29 is 19.1 Å². The van der Waals surface area contributed by atoms with Gasteiger partial charge in [0.1, 0.15) is 0 Å². The molecule has 2 N–H and O–H groups in total. The molecule has 0 aliphatic carbocycles. The van der Waals surface area contributed by atoms with Crippen molar-refractivity contribution in [2.75, 3.05) is 11.9 Å². The number of carbonyl (C=O) groups is 3. The fourth-order valence-electron chi connectivity index (χ4n) is 3.53. The highest BCUT2D eigenvalue weighted by atomic mass is 16.6. The number of nitrogens with one attached hydrogen (secondary N) is 2. The molecule has 0 radical (unpaired) electrons. The number of hydrogen-bond donors (Lipinski definition) is 2. The number of ether oxygens (including phenoxy) is 1. The summed E-state index contributed by atoms with van der Waals surface area (Å²) in [6, 6.07) is 14.0. The Labute approximate surface area is 176 Å². The zero-order valence-electron chi connectivity index (χ0n) is 17.5. The van der Waals surface area contributed by atoms with E-state index in [9.17, 15) is 14.4 Å². The molecule has 1 fully saturated rings. The van der Waals surface area contributed by atoms with E-state index < -0.39 is 18.2 Å². The number of aryl methyl sites for hydroxylation is 1.